The highest BCUT2D eigenvalue weighted by Crippen LogP contribution is 2.31. The van der Waals surface area contributed by atoms with Gasteiger partial charge in [-0.1, -0.05) is 43.4 Å². The highest BCUT2D eigenvalue weighted by Gasteiger charge is 2.41. The molecule has 2 saturated heterocycles. The van der Waals surface area contributed by atoms with Crippen molar-refractivity contribution in [3.05, 3.63) is 86.1 Å². The summed E-state index contributed by atoms with van der Waals surface area (Å²) in [6, 6.07) is 16.5. The van der Waals surface area contributed by atoms with Gasteiger partial charge in [-0.05, 0) is 62.6 Å². The van der Waals surface area contributed by atoms with Crippen LogP contribution in [0, 0.1) is 6.92 Å². The van der Waals surface area contributed by atoms with Crippen LogP contribution in [0.2, 0.25) is 0 Å². The predicted molar refractivity (Wildman–Crippen MR) is 171 cm³/mol. The van der Waals surface area contributed by atoms with Crippen LogP contribution in [0.4, 0.5) is 0 Å². The van der Waals surface area contributed by atoms with Crippen LogP contribution in [0.15, 0.2) is 59.4 Å². The summed E-state index contributed by atoms with van der Waals surface area (Å²) in [6.45, 7) is 7.75. The van der Waals surface area contributed by atoms with Crippen molar-refractivity contribution in [2.24, 2.45) is 0 Å². The Morgan fingerprint density at radius 3 is 2.50 bits per heavy atom. The molecule has 13 heteroatoms. The molecule has 11 nitrogen and oxygen atoms in total. The van der Waals surface area contributed by atoms with Crippen molar-refractivity contribution in [2.75, 3.05) is 26.2 Å². The molecule has 2 aliphatic heterocycles. The minimum atomic E-state index is -3.62. The average molecular weight is 639 g/mol. The van der Waals surface area contributed by atoms with Crippen molar-refractivity contribution in [1.82, 2.24) is 29.1 Å². The van der Waals surface area contributed by atoms with Gasteiger partial charge in [-0.3, -0.25) is 14.6 Å². The van der Waals surface area contributed by atoms with Crippen LogP contribution in [0.5, 0.6) is 5.75 Å². The summed E-state index contributed by atoms with van der Waals surface area (Å²) in [7, 11) is -3.62. The van der Waals surface area contributed by atoms with Crippen molar-refractivity contribution >= 4 is 38.4 Å². The van der Waals surface area contributed by atoms with Crippen LogP contribution in [-0.2, 0) is 16.8 Å². The van der Waals surface area contributed by atoms with E-state index >= 15 is 0 Å². The van der Waals surface area contributed by atoms with Crippen LogP contribution >= 0.6 is 11.3 Å². The van der Waals surface area contributed by atoms with E-state index in [1.54, 1.807) is 24.3 Å². The summed E-state index contributed by atoms with van der Waals surface area (Å²) in [5.74, 6) is -0.110. The summed E-state index contributed by atoms with van der Waals surface area (Å²) in [5, 5.41) is 11.2. The zero-order chi connectivity index (χ0) is 31.3. The van der Waals surface area contributed by atoms with Gasteiger partial charge in [-0.2, -0.15) is 22.1 Å². The van der Waals surface area contributed by atoms with Crippen LogP contribution in [-0.4, -0.2) is 70.3 Å². The topological polar surface area (TPSA) is 138 Å². The van der Waals surface area contributed by atoms with Gasteiger partial charge in [0, 0.05) is 60.3 Å². The van der Waals surface area contributed by atoms with Crippen LogP contribution in [0.1, 0.15) is 65.7 Å². The van der Waals surface area contributed by atoms with Gasteiger partial charge in [0.25, 0.3) is 16.1 Å². The van der Waals surface area contributed by atoms with Gasteiger partial charge >= 0.3 is 4.87 Å². The lowest BCUT2D eigenvalue weighted by Crippen LogP contribution is -2.53. The summed E-state index contributed by atoms with van der Waals surface area (Å²) >= 11 is 0.944. The number of fused-ring (bicyclic) bond motifs is 1. The van der Waals surface area contributed by atoms with E-state index in [-0.39, 0.29) is 29.9 Å². The molecule has 0 radical (unpaired) electrons. The van der Waals surface area contributed by atoms with E-state index in [1.807, 2.05) is 51.1 Å². The molecule has 2 fully saturated rings. The molecule has 44 heavy (non-hydrogen) atoms. The number of benzene rings is 2. The Bertz CT molecular complexity index is 1750. The maximum Gasteiger partial charge on any atom is 0.322 e. The Morgan fingerprint density at radius 1 is 1.07 bits per heavy atom. The molecule has 2 atom stereocenters. The highest BCUT2D eigenvalue weighted by atomic mass is 32.2. The molecule has 2 aromatic carbocycles. The van der Waals surface area contributed by atoms with Crippen molar-refractivity contribution in [2.45, 2.75) is 58.6 Å². The maximum absolute atomic E-state index is 13.3. The van der Waals surface area contributed by atoms with E-state index in [0.717, 1.165) is 46.3 Å². The number of hydrogen-bond acceptors (Lipinski definition) is 8. The lowest BCUT2D eigenvalue weighted by atomic mass is 9.93. The molecule has 2 N–H and O–H groups in total. The third-order valence-electron chi connectivity index (χ3n) is 7.82. The maximum atomic E-state index is 13.3. The number of nitrogens with zero attached hydrogens (tertiary/aromatic N) is 4. The second-order valence-electron chi connectivity index (χ2n) is 10.7. The first-order chi connectivity index (χ1) is 21.3. The van der Waals surface area contributed by atoms with Crippen LogP contribution in [0.25, 0.3) is 10.9 Å². The van der Waals surface area contributed by atoms with E-state index in [9.17, 15) is 18.0 Å². The molecular weight excluding hydrogens is 601 g/mol. The quantitative estimate of drug-likeness (QED) is 0.295. The smallest absolute Gasteiger partial charge is 0.322 e. The van der Waals surface area contributed by atoms with Gasteiger partial charge < -0.3 is 10.1 Å². The van der Waals surface area contributed by atoms with Crippen molar-refractivity contribution < 1.29 is 17.9 Å². The number of aryl methyl sites for hydroxylation is 1. The fourth-order valence-corrected chi connectivity index (χ4v) is 8.16. The summed E-state index contributed by atoms with van der Waals surface area (Å²) in [5.41, 5.74) is 3.32. The van der Waals surface area contributed by atoms with Crippen molar-refractivity contribution in [3.8, 4) is 5.75 Å². The largest absolute Gasteiger partial charge is 0.489 e. The van der Waals surface area contributed by atoms with Crippen LogP contribution < -0.4 is 14.9 Å². The molecule has 2 aliphatic rings. The van der Waals surface area contributed by atoms with Gasteiger partial charge in [0.05, 0.1) is 5.52 Å². The Hall–Kier alpha value is -3.65. The summed E-state index contributed by atoms with van der Waals surface area (Å²) in [4.78, 5) is 29.4. The summed E-state index contributed by atoms with van der Waals surface area (Å²) in [6.07, 6.45) is 2.10. The third kappa shape index (κ3) is 7.01. The molecular formula is C31H38N6O5S2. The molecule has 0 aliphatic carbocycles. The minimum absolute atomic E-state index is 0.139. The first-order valence-electron chi connectivity index (χ1n) is 15.0. The molecule has 6 rings (SSSR count). The second kappa shape index (κ2) is 14.0. The van der Waals surface area contributed by atoms with Gasteiger partial charge in [0.15, 0.2) is 0 Å². The molecule has 1 amide bonds. The number of hydrogen-bond donors (Lipinski definition) is 2. The first-order valence-corrected chi connectivity index (χ1v) is 17.2. The minimum Gasteiger partial charge on any atom is -0.489 e. The van der Waals surface area contributed by atoms with Gasteiger partial charge in [-0.25, -0.2) is 5.10 Å². The number of amides is 1. The van der Waals surface area contributed by atoms with Crippen LogP contribution in [0.3, 0.4) is 0 Å². The Labute approximate surface area is 261 Å². The number of piperidine rings is 1. The first kappa shape index (κ1) is 31.8. The Kier molecular flexibility index (Phi) is 10.1. The van der Waals surface area contributed by atoms with E-state index in [1.165, 1.54) is 8.61 Å². The molecule has 0 bridgehead atoms. The number of pyridine rings is 1. The molecule has 234 valence electrons. The average Bonchev–Trinajstić information content (AvgIpc) is 3.74. The summed E-state index contributed by atoms with van der Waals surface area (Å²) < 4.78 is 35.5. The molecule has 4 heterocycles. The van der Waals surface area contributed by atoms with E-state index < -0.39 is 16.1 Å². The number of aromatic amines is 1. The SMILES string of the molecule is CC.Cc1cc(COc2ccc(C(=O)NC3CCN(S(=O)(=O)N4CCCC4)CC3c3n[nH]c(=O)s3)cc2)c2ccccc2n1. The molecule has 2 aromatic heterocycles. The van der Waals surface area contributed by atoms with Gasteiger partial charge in [0.2, 0.25) is 0 Å². The molecule has 0 spiro atoms. The second-order valence-corrected chi connectivity index (χ2v) is 13.6. The number of ether oxygens (including phenoxy) is 1. The molecule has 4 aromatic rings. The highest BCUT2D eigenvalue weighted by molar-refractivity contribution is 7.86. The predicted octanol–water partition coefficient (Wildman–Crippen LogP) is 4.22. The van der Waals surface area contributed by atoms with E-state index in [2.05, 4.69) is 20.5 Å². The molecule has 0 saturated carbocycles. The number of nitrogens with one attached hydrogen (secondary N) is 2. The van der Waals surface area contributed by atoms with Crippen molar-refractivity contribution in [3.63, 3.8) is 0 Å². The molecule has 2 unspecified atom stereocenters. The fourth-order valence-electron chi connectivity index (χ4n) is 5.67. The number of rotatable bonds is 8. The van der Waals surface area contributed by atoms with E-state index in [0.29, 0.717) is 42.4 Å². The Balaban J connectivity index is 0.00000188. The number of H-pyrrole nitrogens is 1. The Morgan fingerprint density at radius 2 is 1.80 bits per heavy atom. The lowest BCUT2D eigenvalue weighted by molar-refractivity contribution is 0.0914. The normalized spacial score (nSPS) is 19.3. The number of para-hydroxylation sites is 1. The van der Waals surface area contributed by atoms with Gasteiger partial charge in [0.1, 0.15) is 17.4 Å². The zero-order valence-corrected chi connectivity index (χ0v) is 26.8. The zero-order valence-electron chi connectivity index (χ0n) is 25.2. The lowest BCUT2D eigenvalue weighted by Gasteiger charge is -2.38. The van der Waals surface area contributed by atoms with E-state index in [4.69, 9.17) is 4.74 Å². The standard InChI is InChI=1S/C29H32N6O5S2.C2H6/c1-19-16-21(23-6-2-3-7-25(23)30-19)18-40-22-10-8-20(9-11-22)27(36)31-26-12-15-35(42(38,39)34-13-4-5-14-34)17-24(26)28-32-33-29(37)41-28;1-2/h2-3,6-11,16,24,26H,4-5,12-15,17-18H2,1H3,(H,31,36)(H,33,37);1-2H3. The third-order valence-corrected chi connectivity index (χ3v) is 10.7. The number of carbonyl (C=O) groups excluding carboxylic acids is 1. The van der Waals surface area contributed by atoms with Crippen molar-refractivity contribution in [1.29, 1.82) is 0 Å². The number of aromatic nitrogens is 3. The number of carbonyl (C=O) groups is 1. The monoisotopic (exact) mass is 638 g/mol. The van der Waals surface area contributed by atoms with Gasteiger partial charge in [-0.15, -0.1) is 0 Å². The fraction of sp³-hybridized carbons (Fsp3) is 0.419.